The molecule has 0 aliphatic rings. The third kappa shape index (κ3) is 4.09. The van der Waals surface area contributed by atoms with E-state index in [1.54, 1.807) is 12.1 Å². The Morgan fingerprint density at radius 1 is 1.06 bits per heavy atom. The summed E-state index contributed by atoms with van der Waals surface area (Å²) in [4.78, 5) is 11.1. The van der Waals surface area contributed by atoms with E-state index in [2.05, 4.69) is 4.74 Å². The zero-order valence-corrected chi connectivity index (χ0v) is 9.76. The molecule has 5 heteroatoms. The Balaban J connectivity index is 2.85. The van der Waals surface area contributed by atoms with Gasteiger partial charge in [0.05, 0.1) is 5.56 Å². The van der Waals surface area contributed by atoms with Gasteiger partial charge >= 0.3 is 12.3 Å². The van der Waals surface area contributed by atoms with Crippen molar-refractivity contribution in [3.8, 4) is 0 Å². The fourth-order valence-corrected chi connectivity index (χ4v) is 1.27. The Morgan fingerprint density at radius 2 is 1.53 bits per heavy atom. The van der Waals surface area contributed by atoms with Crippen LogP contribution in [0.1, 0.15) is 36.7 Å². The molecule has 0 aliphatic heterocycles. The predicted octanol–water partition coefficient (Wildman–Crippen LogP) is 3.66. The second kappa shape index (κ2) is 4.39. The average molecular weight is 246 g/mol. The molecular formula is C12H13F3O2. The first kappa shape index (κ1) is 13.5. The fourth-order valence-electron chi connectivity index (χ4n) is 1.27. The van der Waals surface area contributed by atoms with Crippen LogP contribution in [0.2, 0.25) is 0 Å². The van der Waals surface area contributed by atoms with E-state index in [1.807, 2.05) is 20.8 Å². The molecule has 17 heavy (non-hydrogen) atoms. The lowest BCUT2D eigenvalue weighted by Gasteiger charge is -2.19. The first-order valence-corrected chi connectivity index (χ1v) is 5.00. The maximum Gasteiger partial charge on any atom is 0.575 e. The van der Waals surface area contributed by atoms with Crippen molar-refractivity contribution in [2.24, 2.45) is 0 Å². The Labute approximate surface area is 97.4 Å². The summed E-state index contributed by atoms with van der Waals surface area (Å²) in [6, 6.07) is 5.89. The minimum Gasteiger partial charge on any atom is -0.369 e. The molecule has 0 bridgehead atoms. The summed E-state index contributed by atoms with van der Waals surface area (Å²) in [6.45, 7) is 5.90. The minimum absolute atomic E-state index is 0.115. The van der Waals surface area contributed by atoms with E-state index in [0.29, 0.717) is 0 Å². The Morgan fingerprint density at radius 3 is 1.88 bits per heavy atom. The van der Waals surface area contributed by atoms with Crippen LogP contribution in [0.15, 0.2) is 24.3 Å². The molecule has 0 aliphatic carbocycles. The molecular weight excluding hydrogens is 233 g/mol. The number of carbonyl (C=O) groups is 1. The highest BCUT2D eigenvalue weighted by Gasteiger charge is 2.34. The van der Waals surface area contributed by atoms with Crippen LogP contribution in [0.25, 0.3) is 0 Å². The van der Waals surface area contributed by atoms with Crippen molar-refractivity contribution in [1.82, 2.24) is 0 Å². The van der Waals surface area contributed by atoms with Crippen molar-refractivity contribution in [3.63, 3.8) is 0 Å². The van der Waals surface area contributed by atoms with E-state index >= 15 is 0 Å². The third-order valence-electron chi connectivity index (χ3n) is 2.20. The van der Waals surface area contributed by atoms with Gasteiger partial charge in [-0.3, -0.25) is 0 Å². The van der Waals surface area contributed by atoms with Gasteiger partial charge in [0.2, 0.25) is 0 Å². The van der Waals surface area contributed by atoms with Gasteiger partial charge in [-0.25, -0.2) is 4.79 Å². The molecule has 1 aromatic rings. The van der Waals surface area contributed by atoms with E-state index in [1.165, 1.54) is 12.1 Å². The Bertz CT molecular complexity index is 399. The summed E-state index contributed by atoms with van der Waals surface area (Å²) in [6.07, 6.45) is -4.94. The summed E-state index contributed by atoms with van der Waals surface area (Å²) < 4.78 is 38.8. The van der Waals surface area contributed by atoms with Crippen molar-refractivity contribution in [1.29, 1.82) is 0 Å². The van der Waals surface area contributed by atoms with Gasteiger partial charge in [-0.05, 0) is 23.1 Å². The highest BCUT2D eigenvalue weighted by molar-refractivity contribution is 5.89. The number of esters is 1. The summed E-state index contributed by atoms with van der Waals surface area (Å²) in [7, 11) is 0. The summed E-state index contributed by atoms with van der Waals surface area (Å²) in [5, 5.41) is 0. The molecule has 1 rings (SSSR count). The zero-order chi connectivity index (χ0) is 13.3. The molecule has 2 nitrogen and oxygen atoms in total. The second-order valence-corrected chi connectivity index (χ2v) is 4.66. The molecule has 0 saturated heterocycles. The maximum absolute atomic E-state index is 11.8. The summed E-state index contributed by atoms with van der Waals surface area (Å²) in [5.41, 5.74) is 0.698. The zero-order valence-electron chi connectivity index (χ0n) is 9.76. The Hall–Kier alpha value is -1.52. The van der Waals surface area contributed by atoms with Gasteiger partial charge in [-0.2, -0.15) is 0 Å². The molecule has 0 heterocycles. The topological polar surface area (TPSA) is 26.3 Å². The van der Waals surface area contributed by atoms with Gasteiger partial charge in [0.15, 0.2) is 0 Å². The molecule has 0 amide bonds. The fraction of sp³-hybridized carbons (Fsp3) is 0.417. The highest BCUT2D eigenvalue weighted by Crippen LogP contribution is 2.23. The molecule has 0 fully saturated rings. The van der Waals surface area contributed by atoms with Crippen LogP contribution >= 0.6 is 0 Å². The number of halogens is 3. The van der Waals surface area contributed by atoms with Crippen molar-refractivity contribution < 1.29 is 22.7 Å². The van der Waals surface area contributed by atoms with Gasteiger partial charge in [0.25, 0.3) is 0 Å². The molecule has 1 aromatic carbocycles. The SMILES string of the molecule is CC(C)(C)c1ccc(C(=O)OC(F)(F)F)cc1. The largest absolute Gasteiger partial charge is 0.575 e. The second-order valence-electron chi connectivity index (χ2n) is 4.66. The lowest BCUT2D eigenvalue weighted by atomic mass is 9.87. The number of ether oxygens (including phenoxy) is 1. The molecule has 0 unspecified atom stereocenters. The average Bonchev–Trinajstić information content (AvgIpc) is 2.14. The maximum atomic E-state index is 11.8. The lowest BCUT2D eigenvalue weighted by molar-refractivity contribution is -0.291. The van der Waals surface area contributed by atoms with Crippen LogP contribution in [0, 0.1) is 0 Å². The van der Waals surface area contributed by atoms with Gasteiger partial charge in [-0.15, -0.1) is 13.2 Å². The standard InChI is InChI=1S/C12H13F3O2/c1-11(2,3)9-6-4-8(5-7-9)10(16)17-12(13,14)15/h4-7H,1-3H3. The van der Waals surface area contributed by atoms with Gasteiger partial charge < -0.3 is 4.74 Å². The van der Waals surface area contributed by atoms with Gasteiger partial charge in [-0.1, -0.05) is 32.9 Å². The lowest BCUT2D eigenvalue weighted by Crippen LogP contribution is -2.19. The monoisotopic (exact) mass is 246 g/mol. The van der Waals surface area contributed by atoms with Crippen LogP contribution in [0.4, 0.5) is 13.2 Å². The normalized spacial score (nSPS) is 12.4. The highest BCUT2D eigenvalue weighted by atomic mass is 19.4. The van der Waals surface area contributed by atoms with Crippen LogP contribution in [0.5, 0.6) is 0 Å². The predicted molar refractivity (Wildman–Crippen MR) is 56.6 cm³/mol. The van der Waals surface area contributed by atoms with Crippen molar-refractivity contribution in [3.05, 3.63) is 35.4 Å². The Kier molecular flexibility index (Phi) is 3.50. The van der Waals surface area contributed by atoms with Crippen LogP contribution in [-0.2, 0) is 10.2 Å². The van der Waals surface area contributed by atoms with Gasteiger partial charge in [0.1, 0.15) is 0 Å². The molecule has 0 aromatic heterocycles. The smallest absolute Gasteiger partial charge is 0.369 e. The molecule has 0 spiro atoms. The molecule has 0 saturated carbocycles. The van der Waals surface area contributed by atoms with Crippen LogP contribution in [-0.4, -0.2) is 12.3 Å². The number of hydrogen-bond acceptors (Lipinski definition) is 2. The van der Waals surface area contributed by atoms with Crippen LogP contribution < -0.4 is 0 Å². The number of alkyl halides is 3. The number of benzene rings is 1. The van der Waals surface area contributed by atoms with E-state index in [9.17, 15) is 18.0 Å². The van der Waals surface area contributed by atoms with Gasteiger partial charge in [0, 0.05) is 0 Å². The van der Waals surface area contributed by atoms with Crippen molar-refractivity contribution in [2.45, 2.75) is 32.5 Å². The van der Waals surface area contributed by atoms with E-state index in [0.717, 1.165) is 5.56 Å². The quantitative estimate of drug-likeness (QED) is 0.707. The third-order valence-corrected chi connectivity index (χ3v) is 2.20. The summed E-state index contributed by atoms with van der Waals surface area (Å²) >= 11 is 0. The first-order chi connectivity index (χ1) is 7.59. The van der Waals surface area contributed by atoms with Crippen molar-refractivity contribution in [2.75, 3.05) is 0 Å². The van der Waals surface area contributed by atoms with E-state index in [4.69, 9.17) is 0 Å². The number of hydrogen-bond donors (Lipinski definition) is 0. The number of carbonyl (C=O) groups excluding carboxylic acids is 1. The summed E-state index contributed by atoms with van der Waals surface area (Å²) in [5.74, 6) is -1.39. The number of rotatable bonds is 1. The van der Waals surface area contributed by atoms with Crippen LogP contribution in [0.3, 0.4) is 0 Å². The van der Waals surface area contributed by atoms with Crippen molar-refractivity contribution >= 4 is 5.97 Å². The van der Waals surface area contributed by atoms with E-state index < -0.39 is 12.3 Å². The minimum atomic E-state index is -4.94. The first-order valence-electron chi connectivity index (χ1n) is 5.00. The molecule has 0 radical (unpaired) electrons. The molecule has 94 valence electrons. The molecule has 0 atom stereocenters. The van der Waals surface area contributed by atoms with E-state index in [-0.39, 0.29) is 11.0 Å². The molecule has 0 N–H and O–H groups in total.